The van der Waals surface area contributed by atoms with Gasteiger partial charge in [-0.15, -0.1) is 0 Å². The molecule has 6 nitrogen and oxygen atoms in total. The Morgan fingerprint density at radius 2 is 1.91 bits per heavy atom. The molecule has 2 atom stereocenters. The first-order chi connectivity index (χ1) is 15.6. The first-order valence-electron chi connectivity index (χ1n) is 10.4. The molecule has 1 aliphatic rings. The van der Waals surface area contributed by atoms with E-state index in [4.69, 9.17) is 11.6 Å². The molecule has 5 rings (SSSR count). The summed E-state index contributed by atoms with van der Waals surface area (Å²) in [6.07, 6.45) is 1.82. The van der Waals surface area contributed by atoms with Crippen molar-refractivity contribution in [2.45, 2.75) is 12.5 Å². The lowest BCUT2D eigenvalue weighted by atomic mass is 9.97. The summed E-state index contributed by atoms with van der Waals surface area (Å²) in [6.45, 7) is 0.325. The van der Waals surface area contributed by atoms with E-state index in [1.165, 1.54) is 0 Å². The molecule has 0 saturated carbocycles. The Balaban J connectivity index is 1.40. The number of rotatable bonds is 5. The summed E-state index contributed by atoms with van der Waals surface area (Å²) in [5.41, 5.74) is 4.39. The molecule has 32 heavy (non-hydrogen) atoms. The molecule has 1 fully saturated rings. The van der Waals surface area contributed by atoms with Crippen molar-refractivity contribution >= 4 is 40.1 Å². The van der Waals surface area contributed by atoms with Crippen LogP contribution in [0.5, 0.6) is 0 Å². The molecule has 0 radical (unpaired) electrons. The second-order valence-corrected chi connectivity index (χ2v) is 8.35. The van der Waals surface area contributed by atoms with E-state index in [0.717, 1.165) is 22.2 Å². The van der Waals surface area contributed by atoms with E-state index in [0.29, 0.717) is 17.3 Å². The molecular weight excluding hydrogens is 424 g/mol. The van der Waals surface area contributed by atoms with Gasteiger partial charge >= 0.3 is 0 Å². The molecule has 2 amide bonds. The first-order valence-corrected chi connectivity index (χ1v) is 10.8. The largest absolute Gasteiger partial charge is 0.345 e. The number of carbonyl (C=O) groups excluding carboxylic acids is 2. The van der Waals surface area contributed by atoms with Crippen molar-refractivity contribution in [2.24, 2.45) is 5.92 Å². The van der Waals surface area contributed by atoms with Crippen LogP contribution in [-0.4, -0.2) is 28.3 Å². The van der Waals surface area contributed by atoms with Crippen LogP contribution in [0.2, 0.25) is 5.02 Å². The number of aromatic nitrogens is 2. The molecule has 2 N–H and O–H groups in total. The molecule has 2 heterocycles. The average molecular weight is 445 g/mol. The monoisotopic (exact) mass is 444 g/mol. The van der Waals surface area contributed by atoms with Gasteiger partial charge in [0.15, 0.2) is 0 Å². The predicted octanol–water partition coefficient (Wildman–Crippen LogP) is 4.48. The minimum Gasteiger partial charge on any atom is -0.345 e. The number of hydrogen-bond acceptors (Lipinski definition) is 3. The summed E-state index contributed by atoms with van der Waals surface area (Å²) in [5.74, 6) is -0.674. The summed E-state index contributed by atoms with van der Waals surface area (Å²) in [6, 6.07) is 22.5. The van der Waals surface area contributed by atoms with Gasteiger partial charge in [-0.3, -0.25) is 9.59 Å². The number of aromatic amines is 1. The Kier molecular flexibility index (Phi) is 5.37. The Labute approximate surface area is 190 Å². The van der Waals surface area contributed by atoms with Crippen LogP contribution in [0.3, 0.4) is 0 Å². The van der Waals surface area contributed by atoms with E-state index in [1.807, 2.05) is 54.6 Å². The van der Waals surface area contributed by atoms with Gasteiger partial charge in [-0.1, -0.05) is 54.1 Å². The van der Waals surface area contributed by atoms with E-state index in [9.17, 15) is 9.59 Å². The predicted molar refractivity (Wildman–Crippen MR) is 124 cm³/mol. The van der Waals surface area contributed by atoms with Crippen LogP contribution in [0, 0.1) is 5.92 Å². The number of hydrogen-bond donors (Lipinski definition) is 2. The lowest BCUT2D eigenvalue weighted by Crippen LogP contribution is -2.36. The number of carbonyl (C=O) groups is 2. The van der Waals surface area contributed by atoms with Crippen molar-refractivity contribution < 1.29 is 9.59 Å². The fraction of sp³-hybridized carbons (Fsp3) is 0.160. The maximum Gasteiger partial charge on any atom is 0.227 e. The van der Waals surface area contributed by atoms with Gasteiger partial charge in [-0.25, -0.2) is 4.98 Å². The smallest absolute Gasteiger partial charge is 0.227 e. The fourth-order valence-corrected chi connectivity index (χ4v) is 4.36. The van der Waals surface area contributed by atoms with Crippen LogP contribution >= 0.6 is 11.6 Å². The number of halogens is 1. The maximum absolute atomic E-state index is 13.3. The fourth-order valence-electron chi connectivity index (χ4n) is 4.17. The zero-order valence-electron chi connectivity index (χ0n) is 17.2. The summed E-state index contributed by atoms with van der Waals surface area (Å²) in [4.78, 5) is 34.9. The van der Waals surface area contributed by atoms with Crippen LogP contribution in [0.25, 0.3) is 11.0 Å². The van der Waals surface area contributed by atoms with Crippen molar-refractivity contribution in [2.75, 3.05) is 11.4 Å². The van der Waals surface area contributed by atoms with Gasteiger partial charge in [0.05, 0.1) is 29.3 Å². The number of imidazole rings is 1. The van der Waals surface area contributed by atoms with Gasteiger partial charge in [0.25, 0.3) is 0 Å². The van der Waals surface area contributed by atoms with Gasteiger partial charge in [-0.2, -0.15) is 0 Å². The van der Waals surface area contributed by atoms with Crippen LogP contribution in [0.4, 0.5) is 5.69 Å². The number of anilines is 1. The number of nitrogens with zero attached hydrogens (tertiary/aromatic N) is 2. The molecule has 0 aliphatic carbocycles. The highest BCUT2D eigenvalue weighted by molar-refractivity contribution is 6.31. The molecule has 0 spiro atoms. The summed E-state index contributed by atoms with van der Waals surface area (Å²) in [7, 11) is 0. The molecule has 4 aromatic rings. The first kappa shape index (κ1) is 20.3. The van der Waals surface area contributed by atoms with Gasteiger partial charge in [-0.05, 0) is 41.5 Å². The third kappa shape index (κ3) is 3.97. The Morgan fingerprint density at radius 3 is 2.72 bits per heavy atom. The maximum atomic E-state index is 13.3. The number of benzene rings is 3. The summed E-state index contributed by atoms with van der Waals surface area (Å²) in [5, 5.41) is 3.73. The standard InChI is InChI=1S/C25H21ClN4O2/c26-19-7-4-8-20(13-19)30-14-18(12-23(30)31)25(32)29-24(16-5-2-1-3-6-16)17-9-10-21-22(11-17)28-15-27-21/h1-11,13,15,18,24H,12,14H2,(H,27,28)(H,29,32)/t18-,24-/m0/s1. The van der Waals surface area contributed by atoms with Crippen molar-refractivity contribution in [3.8, 4) is 0 Å². The van der Waals surface area contributed by atoms with Gasteiger partial charge < -0.3 is 15.2 Å². The Morgan fingerprint density at radius 1 is 1.06 bits per heavy atom. The molecule has 1 aliphatic heterocycles. The molecule has 7 heteroatoms. The summed E-state index contributed by atoms with van der Waals surface area (Å²) < 4.78 is 0. The van der Waals surface area contributed by atoms with Crippen LogP contribution in [0.15, 0.2) is 79.1 Å². The molecule has 3 aromatic carbocycles. The number of nitrogens with one attached hydrogen (secondary N) is 2. The van der Waals surface area contributed by atoms with Crippen molar-refractivity contribution in [1.29, 1.82) is 0 Å². The zero-order valence-corrected chi connectivity index (χ0v) is 17.9. The lowest BCUT2D eigenvalue weighted by molar-refractivity contribution is -0.126. The highest BCUT2D eigenvalue weighted by Gasteiger charge is 2.36. The average Bonchev–Trinajstić information content (AvgIpc) is 3.44. The number of amides is 2. The van der Waals surface area contributed by atoms with E-state index in [2.05, 4.69) is 15.3 Å². The van der Waals surface area contributed by atoms with E-state index in [-0.39, 0.29) is 24.3 Å². The van der Waals surface area contributed by atoms with Crippen LogP contribution in [-0.2, 0) is 9.59 Å². The highest BCUT2D eigenvalue weighted by Crippen LogP contribution is 2.29. The topological polar surface area (TPSA) is 78.1 Å². The van der Waals surface area contributed by atoms with Crippen molar-refractivity contribution in [3.63, 3.8) is 0 Å². The molecule has 0 unspecified atom stereocenters. The molecule has 1 aromatic heterocycles. The van der Waals surface area contributed by atoms with Gasteiger partial charge in [0.2, 0.25) is 11.8 Å². The Bertz CT molecular complexity index is 1290. The third-order valence-corrected chi connectivity index (χ3v) is 6.05. The van der Waals surface area contributed by atoms with E-state index in [1.54, 1.807) is 29.4 Å². The normalized spacial score (nSPS) is 17.0. The van der Waals surface area contributed by atoms with E-state index < -0.39 is 5.92 Å². The van der Waals surface area contributed by atoms with Crippen LogP contribution in [0.1, 0.15) is 23.6 Å². The minimum absolute atomic E-state index is 0.0810. The molecule has 1 saturated heterocycles. The SMILES string of the molecule is O=C(N[C@@H](c1ccccc1)c1ccc2nc[nH]c2c1)[C@H]1CC(=O)N(c2cccc(Cl)c2)C1. The highest BCUT2D eigenvalue weighted by atomic mass is 35.5. The van der Waals surface area contributed by atoms with Crippen LogP contribution < -0.4 is 10.2 Å². The molecule has 0 bridgehead atoms. The minimum atomic E-state index is -0.441. The number of fused-ring (bicyclic) bond motifs is 1. The molecule has 160 valence electrons. The lowest BCUT2D eigenvalue weighted by Gasteiger charge is -2.22. The van der Waals surface area contributed by atoms with Gasteiger partial charge in [0.1, 0.15) is 0 Å². The van der Waals surface area contributed by atoms with Gasteiger partial charge in [0, 0.05) is 23.7 Å². The zero-order chi connectivity index (χ0) is 22.1. The third-order valence-electron chi connectivity index (χ3n) is 5.81. The molecular formula is C25H21ClN4O2. The summed E-state index contributed by atoms with van der Waals surface area (Å²) >= 11 is 6.08. The van der Waals surface area contributed by atoms with Crippen molar-refractivity contribution in [1.82, 2.24) is 15.3 Å². The second kappa shape index (κ2) is 8.48. The Hall–Kier alpha value is -3.64. The van der Waals surface area contributed by atoms with E-state index >= 15 is 0 Å². The second-order valence-electron chi connectivity index (χ2n) is 7.92. The van der Waals surface area contributed by atoms with Crippen molar-refractivity contribution in [3.05, 3.63) is 95.3 Å². The number of H-pyrrole nitrogens is 1. The quantitative estimate of drug-likeness (QED) is 0.476.